The molecule has 1 N–H and O–H groups in total. The molecule has 6 atom stereocenters. The molecule has 5 unspecified atom stereocenters. The molecule has 1 aromatic carbocycles. The van der Waals surface area contributed by atoms with Gasteiger partial charge in [-0.2, -0.15) is 18.4 Å². The number of rotatable bonds is 6. The summed E-state index contributed by atoms with van der Waals surface area (Å²) in [5.41, 5.74) is -0.574. The van der Waals surface area contributed by atoms with E-state index in [4.69, 9.17) is 19.3 Å². The minimum atomic E-state index is -4.45. The molecule has 2 aliphatic heterocycles. The highest BCUT2D eigenvalue weighted by Crippen LogP contribution is 2.65. The van der Waals surface area contributed by atoms with Crippen molar-refractivity contribution in [1.82, 2.24) is 10.2 Å². The van der Waals surface area contributed by atoms with Crippen LogP contribution in [0.15, 0.2) is 24.3 Å². The molecule has 2 saturated heterocycles. The number of halogens is 3. The number of amides is 2. The van der Waals surface area contributed by atoms with Crippen molar-refractivity contribution < 1.29 is 36.8 Å². The number of hydrogen-bond donors (Lipinski definition) is 1. The van der Waals surface area contributed by atoms with Gasteiger partial charge in [-0.05, 0) is 74.0 Å². The van der Waals surface area contributed by atoms with Gasteiger partial charge in [0.05, 0.1) is 35.8 Å². The van der Waals surface area contributed by atoms with E-state index in [0.717, 1.165) is 25.0 Å². The molecule has 2 amide bonds. The topological polar surface area (TPSA) is 101 Å². The smallest absolute Gasteiger partial charge is 0.444 e. The standard InChI is InChI=1S/C28H35BF3N3O5/c1-26(2)19-14-21(26)27(3)22(15-19)39-29(40-27)23(13-17-6-8-18(9-7-17)28(30,31)32)34-25(37)38-20-5-4-12-35(16-20)24(36)10-11-33/h6-9,19-23H,4-5,10,12-16H2,1-3H3,(H,34,37)/t19?,20?,21?,22?,23?,27-/m0/s1. The second-order valence-electron chi connectivity index (χ2n) is 12.3. The first-order valence-corrected chi connectivity index (χ1v) is 13.9. The highest BCUT2D eigenvalue weighted by molar-refractivity contribution is 6.47. The summed E-state index contributed by atoms with van der Waals surface area (Å²) in [6.45, 7) is 7.25. The van der Waals surface area contributed by atoms with Crippen LogP contribution in [0.1, 0.15) is 64.0 Å². The van der Waals surface area contributed by atoms with Crippen molar-refractivity contribution in [3.8, 4) is 6.07 Å². The summed E-state index contributed by atoms with van der Waals surface area (Å²) in [7, 11) is -0.806. The number of carbonyl (C=O) groups is 2. The number of carbonyl (C=O) groups excluding carboxylic acids is 2. The molecule has 0 spiro atoms. The Morgan fingerprint density at radius 1 is 1.25 bits per heavy atom. The third-order valence-corrected chi connectivity index (χ3v) is 9.57. The fourth-order valence-corrected chi connectivity index (χ4v) is 7.15. The number of alkyl carbamates (subject to hydrolysis) is 1. The zero-order valence-corrected chi connectivity index (χ0v) is 23.0. The predicted octanol–water partition coefficient (Wildman–Crippen LogP) is 4.51. The Morgan fingerprint density at radius 3 is 2.62 bits per heavy atom. The van der Waals surface area contributed by atoms with Crippen molar-refractivity contribution >= 4 is 19.1 Å². The van der Waals surface area contributed by atoms with Gasteiger partial charge in [-0.15, -0.1) is 0 Å². The van der Waals surface area contributed by atoms with Crippen molar-refractivity contribution in [2.45, 2.75) is 89.2 Å². The lowest BCUT2D eigenvalue weighted by Crippen LogP contribution is -2.65. The predicted molar refractivity (Wildman–Crippen MR) is 138 cm³/mol. The van der Waals surface area contributed by atoms with E-state index in [2.05, 4.69) is 26.1 Å². The number of piperidine rings is 1. The van der Waals surface area contributed by atoms with Gasteiger partial charge in [-0.1, -0.05) is 26.0 Å². The van der Waals surface area contributed by atoms with Crippen LogP contribution in [0.2, 0.25) is 0 Å². The Labute approximate surface area is 232 Å². The zero-order chi connectivity index (χ0) is 28.9. The fraction of sp³-hybridized carbons (Fsp3) is 0.679. The maximum atomic E-state index is 13.1. The molecule has 216 valence electrons. The maximum absolute atomic E-state index is 13.1. The number of hydrogen-bond acceptors (Lipinski definition) is 6. The minimum absolute atomic E-state index is 0.120. The Bertz CT molecular complexity index is 1170. The van der Waals surface area contributed by atoms with Gasteiger partial charge in [-0.25, -0.2) is 4.79 Å². The van der Waals surface area contributed by atoms with Crippen LogP contribution in [0.3, 0.4) is 0 Å². The number of nitrogens with one attached hydrogen (secondary N) is 1. The lowest BCUT2D eigenvalue weighted by atomic mass is 9.43. The van der Waals surface area contributed by atoms with Crippen LogP contribution in [0.25, 0.3) is 0 Å². The van der Waals surface area contributed by atoms with E-state index in [1.54, 1.807) is 0 Å². The lowest BCUT2D eigenvalue weighted by molar-refractivity contribution is -0.199. The van der Waals surface area contributed by atoms with Crippen molar-refractivity contribution in [1.29, 1.82) is 5.26 Å². The van der Waals surface area contributed by atoms with Crippen molar-refractivity contribution in [3.05, 3.63) is 35.4 Å². The summed E-state index contributed by atoms with van der Waals surface area (Å²) >= 11 is 0. The molecule has 2 bridgehead atoms. The van der Waals surface area contributed by atoms with E-state index in [-0.39, 0.29) is 36.8 Å². The third-order valence-electron chi connectivity index (χ3n) is 9.57. The molecule has 40 heavy (non-hydrogen) atoms. The molecular formula is C28H35BF3N3O5. The number of alkyl halides is 3. The Morgan fingerprint density at radius 2 is 1.98 bits per heavy atom. The van der Waals surface area contributed by atoms with Crippen molar-refractivity contribution in [2.75, 3.05) is 13.1 Å². The molecule has 5 fully saturated rings. The normalized spacial score (nSPS) is 31.4. The highest BCUT2D eigenvalue weighted by Gasteiger charge is 2.68. The van der Waals surface area contributed by atoms with E-state index in [9.17, 15) is 22.8 Å². The number of nitrogens with zero attached hydrogens (tertiary/aromatic N) is 2. The van der Waals surface area contributed by atoms with Crippen LogP contribution in [-0.4, -0.2) is 60.9 Å². The first kappa shape index (κ1) is 28.7. The minimum Gasteiger partial charge on any atom is -0.444 e. The van der Waals surface area contributed by atoms with Gasteiger partial charge in [0.2, 0.25) is 5.91 Å². The molecule has 2 heterocycles. The first-order chi connectivity index (χ1) is 18.8. The summed E-state index contributed by atoms with van der Waals surface area (Å²) < 4.78 is 57.9. The number of ether oxygens (including phenoxy) is 1. The molecule has 0 aromatic heterocycles. The number of benzene rings is 1. The third kappa shape index (κ3) is 5.42. The summed E-state index contributed by atoms with van der Waals surface area (Å²) in [6, 6.07) is 6.68. The van der Waals surface area contributed by atoms with E-state index >= 15 is 0 Å². The Kier molecular flexibility index (Phi) is 7.59. The van der Waals surface area contributed by atoms with Gasteiger partial charge in [-0.3, -0.25) is 4.79 Å². The average Bonchev–Trinajstić information content (AvgIpc) is 3.25. The summed E-state index contributed by atoms with van der Waals surface area (Å²) in [5, 5.41) is 11.7. The van der Waals surface area contributed by atoms with Gasteiger partial charge in [0.1, 0.15) is 12.5 Å². The van der Waals surface area contributed by atoms with Gasteiger partial charge in [0.25, 0.3) is 0 Å². The van der Waals surface area contributed by atoms with Crippen LogP contribution >= 0.6 is 0 Å². The van der Waals surface area contributed by atoms with Gasteiger partial charge in [0.15, 0.2) is 0 Å². The molecule has 0 radical (unpaired) electrons. The van der Waals surface area contributed by atoms with Gasteiger partial charge in [0, 0.05) is 6.54 Å². The van der Waals surface area contributed by atoms with E-state index < -0.39 is 42.6 Å². The van der Waals surface area contributed by atoms with Crippen LogP contribution in [0, 0.1) is 28.6 Å². The Hall–Kier alpha value is -2.78. The van der Waals surface area contributed by atoms with Crippen molar-refractivity contribution in [3.63, 3.8) is 0 Å². The van der Waals surface area contributed by atoms with E-state index in [1.165, 1.54) is 17.0 Å². The fourth-order valence-electron chi connectivity index (χ4n) is 7.15. The highest BCUT2D eigenvalue weighted by atomic mass is 19.4. The van der Waals surface area contributed by atoms with E-state index in [0.29, 0.717) is 36.8 Å². The zero-order valence-electron chi connectivity index (χ0n) is 23.0. The number of nitriles is 1. The summed E-state index contributed by atoms with van der Waals surface area (Å²) in [5.74, 6) is -0.193. The lowest BCUT2D eigenvalue weighted by Gasteiger charge is -2.64. The first-order valence-electron chi connectivity index (χ1n) is 13.9. The monoisotopic (exact) mass is 561 g/mol. The average molecular weight is 561 g/mol. The van der Waals surface area contributed by atoms with Gasteiger partial charge < -0.3 is 24.3 Å². The van der Waals surface area contributed by atoms with E-state index in [1.807, 2.05) is 6.07 Å². The molecule has 3 aliphatic carbocycles. The molecule has 1 aromatic rings. The van der Waals surface area contributed by atoms with Gasteiger partial charge >= 0.3 is 19.4 Å². The molecule has 8 nitrogen and oxygen atoms in total. The van der Waals surface area contributed by atoms with Crippen molar-refractivity contribution in [2.24, 2.45) is 17.3 Å². The largest absolute Gasteiger partial charge is 0.482 e. The van der Waals surface area contributed by atoms with Crippen LogP contribution in [-0.2, 0) is 31.4 Å². The van der Waals surface area contributed by atoms with Crippen LogP contribution < -0.4 is 5.32 Å². The number of likely N-dealkylation sites (tertiary alicyclic amines) is 1. The Balaban J connectivity index is 1.30. The molecule has 12 heteroatoms. The molecule has 5 aliphatic rings. The molecular weight excluding hydrogens is 526 g/mol. The van der Waals surface area contributed by atoms with Crippen LogP contribution in [0.4, 0.5) is 18.0 Å². The summed E-state index contributed by atoms with van der Waals surface area (Å²) in [6.07, 6.45) is -2.79. The molecule has 3 saturated carbocycles. The second kappa shape index (κ2) is 10.6. The SMILES string of the molecule is CC1(C)C2CC3OB(C(Cc4ccc(C(F)(F)F)cc4)NC(=O)OC4CCCN(C(=O)CC#N)C4)O[C@@]3(C)C1C2. The molecule has 6 rings (SSSR count). The second-order valence-corrected chi connectivity index (χ2v) is 12.3. The maximum Gasteiger partial charge on any atom is 0.482 e. The quantitative estimate of drug-likeness (QED) is 0.513. The van der Waals surface area contributed by atoms with Crippen LogP contribution in [0.5, 0.6) is 0 Å². The summed E-state index contributed by atoms with van der Waals surface area (Å²) in [4.78, 5) is 26.7.